The van der Waals surface area contributed by atoms with E-state index in [0.717, 1.165) is 5.56 Å². The van der Waals surface area contributed by atoms with E-state index in [1.165, 1.54) is 14.2 Å². The second kappa shape index (κ2) is 14.2. The first-order chi connectivity index (χ1) is 22.9. The first-order valence-corrected chi connectivity index (χ1v) is 15.8. The van der Waals surface area contributed by atoms with Crippen molar-refractivity contribution in [2.45, 2.75) is 31.4 Å². The van der Waals surface area contributed by atoms with E-state index >= 15 is 0 Å². The van der Waals surface area contributed by atoms with Gasteiger partial charge in [0.25, 0.3) is 11.8 Å². The van der Waals surface area contributed by atoms with Gasteiger partial charge >= 0.3 is 0 Å². The molecule has 8 aliphatic heterocycles. The molecule has 3 aromatic rings. The molecule has 0 aliphatic carbocycles. The van der Waals surface area contributed by atoms with E-state index in [4.69, 9.17) is 28.4 Å². The number of benzene rings is 3. The Balaban J connectivity index is 1.26. The number of amides is 3. The van der Waals surface area contributed by atoms with Gasteiger partial charge in [-0.25, -0.2) is 0 Å². The fraction of sp³-hybridized carbons (Fsp3) is 0.400. The smallest absolute Gasteiger partial charge is 0.264 e. The number of carbonyl (C=O) groups excluding carboxylic acids is 3. The monoisotopic (exact) mass is 645 g/mol. The summed E-state index contributed by atoms with van der Waals surface area (Å²) < 4.78 is 35.0. The highest BCUT2D eigenvalue weighted by atomic mass is 16.5. The van der Waals surface area contributed by atoms with Gasteiger partial charge in [0.05, 0.1) is 33.3 Å². The highest BCUT2D eigenvalue weighted by Gasteiger charge is 2.45. The Morgan fingerprint density at radius 1 is 0.872 bits per heavy atom. The zero-order valence-electron chi connectivity index (χ0n) is 26.5. The summed E-state index contributed by atoms with van der Waals surface area (Å²) >= 11 is 0. The zero-order valence-corrected chi connectivity index (χ0v) is 26.5. The van der Waals surface area contributed by atoms with Crippen LogP contribution in [0.1, 0.15) is 35.2 Å². The summed E-state index contributed by atoms with van der Waals surface area (Å²) in [5.74, 6) is 2.12. The number of likely N-dealkylation sites (tertiary alicyclic amines) is 1. The maximum Gasteiger partial charge on any atom is 0.264 e. The van der Waals surface area contributed by atoms with Crippen molar-refractivity contribution in [3.8, 4) is 34.5 Å². The van der Waals surface area contributed by atoms with Gasteiger partial charge in [-0.15, -0.1) is 0 Å². The molecule has 0 saturated carbocycles. The molecule has 3 amide bonds. The number of nitrogens with one attached hydrogen (secondary N) is 2. The number of piperidine rings is 1. The summed E-state index contributed by atoms with van der Waals surface area (Å²) in [5, 5.41) is 5.91. The van der Waals surface area contributed by atoms with Crippen molar-refractivity contribution in [1.29, 1.82) is 0 Å². The molecule has 2 fully saturated rings. The lowest BCUT2D eigenvalue weighted by atomic mass is 9.89. The van der Waals surface area contributed by atoms with E-state index in [1.807, 2.05) is 11.0 Å². The molecule has 2 N–H and O–H groups in total. The van der Waals surface area contributed by atoms with E-state index in [9.17, 15) is 14.4 Å². The van der Waals surface area contributed by atoms with Crippen molar-refractivity contribution in [3.63, 3.8) is 0 Å². The summed E-state index contributed by atoms with van der Waals surface area (Å²) in [6, 6.07) is 17.3. The molecule has 248 valence electrons. The van der Waals surface area contributed by atoms with Gasteiger partial charge in [0.1, 0.15) is 18.1 Å². The highest BCUT2D eigenvalue weighted by Crippen LogP contribution is 2.38. The summed E-state index contributed by atoms with van der Waals surface area (Å²) in [7, 11) is 3.04. The fourth-order valence-corrected chi connectivity index (χ4v) is 5.98. The Morgan fingerprint density at radius 2 is 1.57 bits per heavy atom. The predicted molar refractivity (Wildman–Crippen MR) is 170 cm³/mol. The number of methoxy groups -OCH3 is 2. The van der Waals surface area contributed by atoms with E-state index in [2.05, 4.69) is 10.6 Å². The fourth-order valence-electron chi connectivity index (χ4n) is 5.98. The second-order valence-corrected chi connectivity index (χ2v) is 11.7. The largest absolute Gasteiger partial charge is 0.493 e. The van der Waals surface area contributed by atoms with Gasteiger partial charge in [0.2, 0.25) is 5.91 Å². The molecule has 1 unspecified atom stereocenters. The van der Waals surface area contributed by atoms with Crippen LogP contribution in [0.5, 0.6) is 34.5 Å². The number of hydrogen-bond acceptors (Lipinski definition) is 9. The molecule has 1 spiro atoms. The van der Waals surface area contributed by atoms with Crippen LogP contribution >= 0.6 is 0 Å². The summed E-state index contributed by atoms with van der Waals surface area (Å²) in [6.07, 6.45) is 1.37. The van der Waals surface area contributed by atoms with Crippen LogP contribution in [0.4, 0.5) is 0 Å². The molecular weight excluding hydrogens is 606 g/mol. The summed E-state index contributed by atoms with van der Waals surface area (Å²) in [6.45, 7) is 2.52. The summed E-state index contributed by atoms with van der Waals surface area (Å²) in [4.78, 5) is 41.7. The predicted octanol–water partition coefficient (Wildman–Crippen LogP) is 3.71. The second-order valence-electron chi connectivity index (χ2n) is 11.7. The number of ether oxygens (including phenoxy) is 6. The molecule has 3 aromatic carbocycles. The van der Waals surface area contributed by atoms with Gasteiger partial charge in [-0.1, -0.05) is 6.07 Å². The Kier molecular flexibility index (Phi) is 9.67. The normalized spacial score (nSPS) is 19.7. The van der Waals surface area contributed by atoms with Crippen molar-refractivity contribution < 1.29 is 42.8 Å². The van der Waals surface area contributed by atoms with Crippen LogP contribution in [0.25, 0.3) is 0 Å². The number of nitrogens with zero attached hydrogens (tertiary/aromatic N) is 1. The Hall–Kier alpha value is -4.97. The minimum atomic E-state index is -1.19. The van der Waals surface area contributed by atoms with Crippen molar-refractivity contribution in [3.05, 3.63) is 71.8 Å². The number of carbonyl (C=O) groups is 3. The van der Waals surface area contributed by atoms with Crippen molar-refractivity contribution >= 4 is 17.7 Å². The standard InChI is InChI=1S/C35H39N3O9/c1-42-30-19-23-3-9-28(30)46-29-10-4-24(20-31(29)43-2)32(39)36-14-18-45-26-5-7-27(8-6-26)47-35(34(41)37-21-23)12-15-38(16-13-35)33(40)25-11-17-44-22-25/h3-10,19-20,25H,11-18,21-22H2,1-2H3,(H,36,39)(H,37,41). The SMILES string of the molecule is COc1cc2ccc1Oc1ccc(cc1OC)C(=O)NCCOc1ccc(cc1)OC1(CCN(C(=O)C3CCOC3)CC1)C(=O)NC2. The average Bonchev–Trinajstić information content (AvgIpc) is 3.65. The third kappa shape index (κ3) is 7.22. The van der Waals surface area contributed by atoms with E-state index < -0.39 is 5.60 Å². The third-order valence-electron chi connectivity index (χ3n) is 8.70. The third-order valence-corrected chi connectivity index (χ3v) is 8.70. The molecule has 12 heteroatoms. The van der Waals surface area contributed by atoms with Crippen LogP contribution in [0, 0.1) is 5.92 Å². The molecule has 0 radical (unpaired) electrons. The van der Waals surface area contributed by atoms with Gasteiger partial charge in [-0.05, 0) is 66.6 Å². The minimum Gasteiger partial charge on any atom is -0.493 e. The molecule has 8 heterocycles. The molecule has 6 bridgehead atoms. The molecule has 11 rings (SSSR count). The first kappa shape index (κ1) is 32.0. The van der Waals surface area contributed by atoms with Crippen LogP contribution in [-0.4, -0.2) is 81.9 Å². The maximum atomic E-state index is 13.9. The number of rotatable bonds is 3. The highest BCUT2D eigenvalue weighted by molar-refractivity contribution is 5.95. The van der Waals surface area contributed by atoms with Crippen molar-refractivity contribution in [1.82, 2.24) is 15.5 Å². The van der Waals surface area contributed by atoms with Crippen LogP contribution < -0.4 is 34.3 Å². The Labute approximate surface area is 273 Å². The van der Waals surface area contributed by atoms with Crippen LogP contribution in [0.15, 0.2) is 60.7 Å². The topological polar surface area (TPSA) is 134 Å². The Bertz CT molecular complexity index is 1600. The van der Waals surface area contributed by atoms with E-state index in [-0.39, 0.29) is 43.3 Å². The van der Waals surface area contributed by atoms with Gasteiger partial charge < -0.3 is 44.0 Å². The average molecular weight is 646 g/mol. The van der Waals surface area contributed by atoms with E-state index in [0.29, 0.717) is 85.6 Å². The van der Waals surface area contributed by atoms with Gasteiger partial charge in [-0.2, -0.15) is 0 Å². The van der Waals surface area contributed by atoms with Crippen molar-refractivity contribution in [2.24, 2.45) is 5.92 Å². The van der Waals surface area contributed by atoms with Gasteiger partial charge in [0, 0.05) is 44.6 Å². The van der Waals surface area contributed by atoms with Crippen LogP contribution in [-0.2, 0) is 20.9 Å². The van der Waals surface area contributed by atoms with Crippen LogP contribution in [0.3, 0.4) is 0 Å². The van der Waals surface area contributed by atoms with E-state index in [1.54, 1.807) is 54.6 Å². The molecule has 12 nitrogen and oxygen atoms in total. The molecular formula is C35H39N3O9. The Morgan fingerprint density at radius 3 is 2.28 bits per heavy atom. The molecule has 8 aliphatic rings. The molecule has 0 aromatic heterocycles. The first-order valence-electron chi connectivity index (χ1n) is 15.8. The van der Waals surface area contributed by atoms with Gasteiger partial charge in [-0.3, -0.25) is 14.4 Å². The lowest BCUT2D eigenvalue weighted by Crippen LogP contribution is -2.58. The quantitative estimate of drug-likeness (QED) is 0.437. The molecule has 1 atom stereocenters. The minimum absolute atomic E-state index is 0.0625. The lowest BCUT2D eigenvalue weighted by molar-refractivity contribution is -0.148. The van der Waals surface area contributed by atoms with Gasteiger partial charge in [0.15, 0.2) is 28.6 Å². The maximum absolute atomic E-state index is 13.9. The molecule has 47 heavy (non-hydrogen) atoms. The lowest BCUT2D eigenvalue weighted by Gasteiger charge is -2.41. The summed E-state index contributed by atoms with van der Waals surface area (Å²) in [5.41, 5.74) is -0.00478. The van der Waals surface area contributed by atoms with Crippen LogP contribution in [0.2, 0.25) is 0 Å². The molecule has 2 saturated heterocycles. The van der Waals surface area contributed by atoms with Crippen molar-refractivity contribution in [2.75, 3.05) is 53.7 Å². The number of hydrogen-bond donors (Lipinski definition) is 2. The zero-order chi connectivity index (χ0) is 32.8.